The number of halogens is 1. The molecule has 0 heterocycles. The summed E-state index contributed by atoms with van der Waals surface area (Å²) in [5.74, 6) is 0. The van der Waals surface area contributed by atoms with Gasteiger partial charge in [-0.25, -0.2) is 0 Å². The molecule has 0 bridgehead atoms. The summed E-state index contributed by atoms with van der Waals surface area (Å²) < 4.78 is 1.13. The largest absolute Gasteiger partial charge is 0.489 e. The van der Waals surface area contributed by atoms with E-state index in [1.807, 2.05) is 42.5 Å². The Hall–Kier alpha value is -14.1. The molecule has 2 nitrogen and oxygen atoms in total. The highest BCUT2D eigenvalue weighted by Gasteiger charge is 2.39. The average molecular weight is 1620 g/mol. The van der Waals surface area contributed by atoms with E-state index in [0.717, 1.165) is 37.1 Å². The quantitative estimate of drug-likeness (QED) is 0.118. The zero-order valence-electron chi connectivity index (χ0n) is 68.1. The summed E-state index contributed by atoms with van der Waals surface area (Å²) in [6.07, 6.45) is 0. The maximum atomic E-state index is 10.1. The number of hydrogen-bond donors (Lipinski definition) is 2. The van der Waals surface area contributed by atoms with Gasteiger partial charge in [0.05, 0.1) is 0 Å². The molecule has 24 rings (SSSR count). The predicted molar refractivity (Wildman–Crippen MR) is 525 cm³/mol. The monoisotopic (exact) mass is 1620 g/mol. The summed E-state index contributed by atoms with van der Waals surface area (Å²) in [5.41, 5.74) is 28.8. The fraction of sp³-hybridized carbons (Fsp3) is 0.0508. The minimum absolute atomic E-state index is 0.0743. The number of fused-ring (bicyclic) bond motifs is 16. The molecule has 0 spiro atoms. The van der Waals surface area contributed by atoms with Gasteiger partial charge < -0.3 is 10.0 Å². The highest BCUT2D eigenvalue weighted by Crippen LogP contribution is 2.58. The molecule has 0 unspecified atom stereocenters. The van der Waals surface area contributed by atoms with Crippen LogP contribution in [0.5, 0.6) is 0 Å². The smallest absolute Gasteiger partial charge is 0.423 e. The zero-order valence-corrected chi connectivity index (χ0v) is 69.7. The topological polar surface area (TPSA) is 40.5 Å². The Kier molecular flexibility index (Phi) is 18.1. The Balaban J connectivity index is 0.000000120. The minimum atomic E-state index is -1.53. The van der Waals surface area contributed by atoms with E-state index in [2.05, 4.69) is 414 Å². The molecule has 2 aliphatic rings. The van der Waals surface area contributed by atoms with Gasteiger partial charge in [-0.05, 0) is 278 Å². The van der Waals surface area contributed by atoms with Crippen molar-refractivity contribution in [3.63, 3.8) is 0 Å². The molecule has 2 aliphatic carbocycles. The van der Waals surface area contributed by atoms with Gasteiger partial charge in [0.15, 0.2) is 0 Å². The molecule has 0 saturated carbocycles. The fourth-order valence-corrected chi connectivity index (χ4v) is 21.3. The lowest BCUT2D eigenvalue weighted by Gasteiger charge is -2.24. The van der Waals surface area contributed by atoms with Crippen LogP contribution in [0, 0.1) is 0 Å². The van der Waals surface area contributed by atoms with Crippen LogP contribution in [-0.2, 0) is 10.8 Å². The predicted octanol–water partition coefficient (Wildman–Crippen LogP) is 31.3. The molecule has 4 heteroatoms. The van der Waals surface area contributed by atoms with E-state index in [4.69, 9.17) is 0 Å². The highest BCUT2D eigenvalue weighted by molar-refractivity contribution is 9.10. The molecule has 22 aromatic rings. The van der Waals surface area contributed by atoms with Crippen LogP contribution < -0.4 is 5.46 Å². The van der Waals surface area contributed by atoms with Gasteiger partial charge in [-0.2, -0.15) is 0 Å². The molecule has 0 fully saturated rings. The molecule has 0 aliphatic heterocycles. The zero-order chi connectivity index (χ0) is 82.1. The van der Waals surface area contributed by atoms with E-state index in [9.17, 15) is 10.0 Å². The lowest BCUT2D eigenvalue weighted by atomic mass is 9.72. The second-order valence-electron chi connectivity index (χ2n) is 33.8. The summed E-state index contributed by atoms with van der Waals surface area (Å²) >= 11 is 3.72. The van der Waals surface area contributed by atoms with Crippen LogP contribution in [0.15, 0.2) is 417 Å². The molecule has 22 aromatic carbocycles. The molecule has 576 valence electrons. The first kappa shape index (κ1) is 74.2. The maximum absolute atomic E-state index is 10.1. The van der Waals surface area contributed by atoms with Crippen LogP contribution in [0.2, 0.25) is 0 Å². The third-order valence-corrected chi connectivity index (χ3v) is 26.9. The van der Waals surface area contributed by atoms with Gasteiger partial charge in [0.2, 0.25) is 0 Å². The first-order chi connectivity index (χ1) is 59.8. The van der Waals surface area contributed by atoms with Gasteiger partial charge in [-0.15, -0.1) is 0 Å². The van der Waals surface area contributed by atoms with Gasteiger partial charge in [-0.3, -0.25) is 0 Å². The Labute approximate surface area is 718 Å². The van der Waals surface area contributed by atoms with Crippen LogP contribution in [0.4, 0.5) is 0 Å². The van der Waals surface area contributed by atoms with E-state index in [1.165, 1.54) is 197 Å². The third kappa shape index (κ3) is 12.0. The van der Waals surface area contributed by atoms with Crippen LogP contribution in [0.3, 0.4) is 0 Å². The van der Waals surface area contributed by atoms with E-state index in [1.54, 1.807) is 0 Å². The van der Waals surface area contributed by atoms with E-state index < -0.39 is 7.12 Å². The van der Waals surface area contributed by atoms with Crippen molar-refractivity contribution in [2.75, 3.05) is 0 Å². The number of rotatable bonds is 8. The van der Waals surface area contributed by atoms with Crippen molar-refractivity contribution in [3.8, 4) is 100 Å². The van der Waals surface area contributed by atoms with Gasteiger partial charge in [0.25, 0.3) is 0 Å². The van der Waals surface area contributed by atoms with Crippen LogP contribution >= 0.6 is 15.9 Å². The maximum Gasteiger partial charge on any atom is 0.489 e. The first-order valence-corrected chi connectivity index (χ1v) is 43.1. The van der Waals surface area contributed by atoms with Gasteiger partial charge in [0, 0.05) is 15.3 Å². The lowest BCUT2D eigenvalue weighted by molar-refractivity contribution is 0.426. The standard InChI is InChI=1S/C59H40.C35H25Br.C24H17BO2/c1-59(2)53-34-40(57-46-27-13-15-29-48(46)58(49-30-16-14-28-47(49)57)43-31-17-23-37-18-9-10-24-41(37)43)32-33-42(53)50-35-51-52(36-54(50)59)56(39-21-7-4-8-22-39)45-26-12-11-25-44(45)55(51)38-19-5-3-6-20-38;1-35(2)31-19-24(36)17-18-25(31)28-20-29-30(21-32(28)35)34(23-13-7-4-8-14-23)27-16-10-9-15-26(27)33(29)22-11-5-3-6-12-22;26-25(27)24-21-13-5-3-11-19(21)23(20-12-4-6-14-22(20)24)18-15-7-9-16-8-1-2-10-17(16)18/h3-36H,1-2H3;3-21H,1-2H3;1-15,26-27H. The summed E-state index contributed by atoms with van der Waals surface area (Å²) in [6, 6.07) is 150. The second-order valence-corrected chi connectivity index (χ2v) is 34.7. The molecule has 0 saturated heterocycles. The summed E-state index contributed by atoms with van der Waals surface area (Å²) in [6.45, 7) is 9.57. The molecule has 0 atom stereocenters. The van der Waals surface area contributed by atoms with Crippen LogP contribution in [0.1, 0.15) is 49.9 Å². The van der Waals surface area contributed by atoms with Crippen LogP contribution in [-0.4, -0.2) is 17.2 Å². The van der Waals surface area contributed by atoms with Crippen molar-refractivity contribution in [2.24, 2.45) is 0 Å². The Bertz CT molecular complexity index is 7900. The van der Waals surface area contributed by atoms with E-state index in [-0.39, 0.29) is 10.8 Å². The van der Waals surface area contributed by atoms with Crippen molar-refractivity contribution >= 4 is 136 Å². The number of benzene rings is 22. The number of hydrogen-bond acceptors (Lipinski definition) is 2. The first-order valence-electron chi connectivity index (χ1n) is 42.3. The molecule has 0 radical (unpaired) electrons. The van der Waals surface area contributed by atoms with Gasteiger partial charge in [0.1, 0.15) is 0 Å². The van der Waals surface area contributed by atoms with Crippen molar-refractivity contribution in [1.29, 1.82) is 0 Å². The van der Waals surface area contributed by atoms with Crippen molar-refractivity contribution in [2.45, 2.75) is 38.5 Å². The normalized spacial score (nSPS) is 12.8. The fourth-order valence-electron chi connectivity index (χ4n) is 20.9. The molecular weight excluding hydrogens is 1540 g/mol. The third-order valence-electron chi connectivity index (χ3n) is 26.4. The molecule has 0 aromatic heterocycles. The molecule has 2 N–H and O–H groups in total. The van der Waals surface area contributed by atoms with E-state index >= 15 is 0 Å². The molecule has 0 amide bonds. The summed E-state index contributed by atoms with van der Waals surface area (Å²) in [7, 11) is -1.53. The lowest BCUT2D eigenvalue weighted by Crippen LogP contribution is -2.31. The van der Waals surface area contributed by atoms with Gasteiger partial charge in [-0.1, -0.05) is 414 Å². The Morgan fingerprint density at radius 2 is 0.443 bits per heavy atom. The SMILES string of the molecule is CC1(C)c2cc(-c3c4ccccc4c(-c4cccc5ccccc45)c4ccccc34)ccc2-c2cc3c(-c4ccccc4)c4ccccc4c(-c4ccccc4)c3cc21.CC1(C)c2cc(Br)ccc2-c2cc3c(-c4ccccc4)c4ccccc4c(-c4ccccc4)c3cc21.OB(O)c1c2ccccc2c(-c2cccc3ccccc23)c2ccccc12. The summed E-state index contributed by atoms with van der Waals surface area (Å²) in [4.78, 5) is 0. The Morgan fingerprint density at radius 1 is 0.189 bits per heavy atom. The van der Waals surface area contributed by atoms with E-state index in [0.29, 0.717) is 5.46 Å². The van der Waals surface area contributed by atoms with Crippen molar-refractivity contribution in [3.05, 3.63) is 439 Å². The minimum Gasteiger partial charge on any atom is -0.423 e. The Morgan fingerprint density at radius 3 is 0.787 bits per heavy atom. The highest BCUT2D eigenvalue weighted by atomic mass is 79.9. The summed E-state index contributed by atoms with van der Waals surface area (Å²) in [5, 5.41) is 44.4. The van der Waals surface area contributed by atoms with Gasteiger partial charge >= 0.3 is 7.12 Å². The molecular formula is C118H82BBrO2. The van der Waals surface area contributed by atoms with Crippen LogP contribution in [0.25, 0.3) is 208 Å². The van der Waals surface area contributed by atoms with Crippen molar-refractivity contribution < 1.29 is 10.0 Å². The average Bonchev–Trinajstić information content (AvgIpc) is 1.44. The molecule has 122 heavy (non-hydrogen) atoms. The van der Waals surface area contributed by atoms with Crippen molar-refractivity contribution in [1.82, 2.24) is 0 Å². The second kappa shape index (κ2) is 29.7.